The molecule has 1 fully saturated rings. The van der Waals surface area contributed by atoms with Crippen molar-refractivity contribution in [1.82, 2.24) is 14.7 Å². The van der Waals surface area contributed by atoms with Crippen LogP contribution in [0.1, 0.15) is 87.6 Å². The van der Waals surface area contributed by atoms with E-state index in [0.29, 0.717) is 10.8 Å². The lowest BCUT2D eigenvalue weighted by Gasteiger charge is -2.12. The molecule has 0 aliphatic heterocycles. The number of para-hydroxylation sites is 2. The largest absolute Gasteiger partial charge is 0.473 e. The second kappa shape index (κ2) is 19.4. The number of nitrogens with one attached hydrogen (secondary N) is 1. The fourth-order valence-corrected chi connectivity index (χ4v) is 6.22. The number of ether oxygens (including phenoxy) is 2. The third-order valence-corrected chi connectivity index (χ3v) is 8.97. The number of rotatable bonds is 8. The van der Waals surface area contributed by atoms with Crippen LogP contribution < -0.4 is 9.46 Å². The standard InChI is InChI=1S/C15H14N2OS.C10H15NO2S.C9H16O2.2CH4/c1-10(2)18-15-14(13-8-5-9-19-13)16-11-6-3-4-7-12(11)17-15;1-8(2)11-14(12,13)10-6-4-9(3)5-7-10;1-7(2)9(10)11-8-5-3-4-6-8;;/h3-10H,1-2H3;4-8,11H,1-3H3;7-8H,3-6H2,1-2H3;2*1H4. The van der Waals surface area contributed by atoms with Crippen LogP contribution in [0, 0.1) is 12.8 Å². The van der Waals surface area contributed by atoms with Gasteiger partial charge in [-0.2, -0.15) is 0 Å². The van der Waals surface area contributed by atoms with Gasteiger partial charge in [-0.1, -0.05) is 64.6 Å². The highest BCUT2D eigenvalue weighted by Gasteiger charge is 2.20. The van der Waals surface area contributed by atoms with Crippen LogP contribution in [-0.2, 0) is 19.6 Å². The van der Waals surface area contributed by atoms with Gasteiger partial charge in [0.2, 0.25) is 15.9 Å². The van der Waals surface area contributed by atoms with E-state index in [0.717, 1.165) is 40.0 Å². The summed E-state index contributed by atoms with van der Waals surface area (Å²) >= 11 is 1.64. The fourth-order valence-electron chi connectivity index (χ4n) is 4.27. The van der Waals surface area contributed by atoms with Gasteiger partial charge in [-0.15, -0.1) is 11.3 Å². The Balaban J connectivity index is 0.000000352. The predicted octanol–water partition coefficient (Wildman–Crippen LogP) is 9.23. The number of benzene rings is 2. The Labute approximate surface area is 281 Å². The molecule has 46 heavy (non-hydrogen) atoms. The third-order valence-electron chi connectivity index (χ3n) is 6.42. The van der Waals surface area contributed by atoms with Gasteiger partial charge in [0.1, 0.15) is 11.8 Å². The summed E-state index contributed by atoms with van der Waals surface area (Å²) in [5, 5.41) is 2.03. The first-order valence-corrected chi connectivity index (χ1v) is 17.5. The van der Waals surface area contributed by atoms with E-state index in [4.69, 9.17) is 14.5 Å². The van der Waals surface area contributed by atoms with Crippen LogP contribution in [0.25, 0.3) is 21.6 Å². The Morgan fingerprint density at radius 3 is 1.96 bits per heavy atom. The molecule has 0 saturated heterocycles. The number of carbonyl (C=O) groups is 1. The maximum absolute atomic E-state index is 11.6. The van der Waals surface area contributed by atoms with Crippen molar-refractivity contribution < 1.29 is 22.7 Å². The van der Waals surface area contributed by atoms with E-state index in [1.807, 2.05) is 76.4 Å². The van der Waals surface area contributed by atoms with Crippen molar-refractivity contribution in [2.24, 2.45) is 5.92 Å². The molecule has 2 aromatic heterocycles. The number of aryl methyl sites for hydroxylation is 1. The topological polar surface area (TPSA) is 107 Å². The zero-order valence-corrected chi connectivity index (χ0v) is 28.4. The number of sulfonamides is 1. The van der Waals surface area contributed by atoms with E-state index < -0.39 is 10.0 Å². The SMILES string of the molecule is C.C.CC(C)C(=O)OC1CCCC1.CC(C)Oc1nc2ccccc2nc1-c1cccs1.Cc1ccc(S(=O)(=O)NC(C)C)cc1. The molecule has 254 valence electrons. The van der Waals surface area contributed by atoms with E-state index in [1.165, 1.54) is 12.8 Å². The molecule has 1 N–H and O–H groups in total. The molecule has 2 heterocycles. The normalized spacial score (nSPS) is 12.8. The molecule has 0 amide bonds. The Hall–Kier alpha value is -3.34. The first-order chi connectivity index (χ1) is 20.9. The Kier molecular flexibility index (Phi) is 17.1. The summed E-state index contributed by atoms with van der Waals surface area (Å²) in [5.74, 6) is 0.587. The van der Waals surface area contributed by atoms with Gasteiger partial charge in [-0.25, -0.2) is 23.1 Å². The molecule has 1 saturated carbocycles. The molecule has 5 rings (SSSR count). The Morgan fingerprint density at radius 2 is 1.46 bits per heavy atom. The lowest BCUT2D eigenvalue weighted by atomic mass is 10.2. The first-order valence-electron chi connectivity index (χ1n) is 15.1. The molecule has 0 radical (unpaired) electrons. The molecule has 1 aliphatic rings. The Bertz CT molecular complexity index is 1560. The highest BCUT2D eigenvalue weighted by Crippen LogP contribution is 2.32. The number of fused-ring (bicyclic) bond motifs is 1. The summed E-state index contributed by atoms with van der Waals surface area (Å²) in [5.41, 5.74) is 3.62. The first kappa shape index (κ1) is 40.7. The van der Waals surface area contributed by atoms with E-state index >= 15 is 0 Å². The fraction of sp³-hybridized carbons (Fsp3) is 0.472. The molecule has 10 heteroatoms. The predicted molar refractivity (Wildman–Crippen MR) is 192 cm³/mol. The molecular weight excluding hydrogens is 619 g/mol. The minimum atomic E-state index is -3.33. The van der Waals surface area contributed by atoms with Crippen molar-refractivity contribution in [3.8, 4) is 16.5 Å². The van der Waals surface area contributed by atoms with E-state index in [9.17, 15) is 13.2 Å². The summed E-state index contributed by atoms with van der Waals surface area (Å²) in [4.78, 5) is 21.8. The molecule has 8 nitrogen and oxygen atoms in total. The number of esters is 1. The third kappa shape index (κ3) is 12.8. The van der Waals surface area contributed by atoms with Gasteiger partial charge < -0.3 is 9.47 Å². The average molecular weight is 672 g/mol. The lowest BCUT2D eigenvalue weighted by Crippen LogP contribution is -2.30. The maximum atomic E-state index is 11.6. The van der Waals surface area contributed by atoms with Gasteiger partial charge in [0.05, 0.1) is 32.8 Å². The minimum absolute atomic E-state index is 0. The highest BCUT2D eigenvalue weighted by molar-refractivity contribution is 7.89. The van der Waals surface area contributed by atoms with Crippen LogP contribution in [0.5, 0.6) is 5.88 Å². The van der Waals surface area contributed by atoms with Crippen molar-refractivity contribution >= 4 is 38.4 Å². The van der Waals surface area contributed by atoms with Crippen LogP contribution in [0.15, 0.2) is 70.9 Å². The number of hydrogen-bond donors (Lipinski definition) is 1. The summed E-state index contributed by atoms with van der Waals surface area (Å²) in [6.07, 6.45) is 4.88. The van der Waals surface area contributed by atoms with Gasteiger partial charge in [-0.05, 0) is 96.0 Å². The van der Waals surface area contributed by atoms with Crippen molar-refractivity contribution in [3.05, 3.63) is 71.6 Å². The summed E-state index contributed by atoms with van der Waals surface area (Å²) in [7, 11) is -3.33. The van der Waals surface area contributed by atoms with Crippen molar-refractivity contribution in [3.63, 3.8) is 0 Å². The minimum Gasteiger partial charge on any atom is -0.473 e. The number of hydrogen-bond acceptors (Lipinski definition) is 8. The molecule has 0 bridgehead atoms. The molecule has 0 unspecified atom stereocenters. The lowest BCUT2D eigenvalue weighted by molar-refractivity contribution is -0.152. The number of nitrogens with zero attached hydrogens (tertiary/aromatic N) is 2. The molecule has 0 atom stereocenters. The summed E-state index contributed by atoms with van der Waals surface area (Å²) in [6.45, 7) is 13.3. The van der Waals surface area contributed by atoms with Crippen molar-refractivity contribution in [2.75, 3.05) is 0 Å². The van der Waals surface area contributed by atoms with Crippen LogP contribution in [0.3, 0.4) is 0 Å². The number of aromatic nitrogens is 2. The van der Waals surface area contributed by atoms with Gasteiger partial charge in [0, 0.05) is 6.04 Å². The van der Waals surface area contributed by atoms with Gasteiger partial charge >= 0.3 is 5.97 Å². The summed E-state index contributed by atoms with van der Waals surface area (Å²) < 4.78 is 36.9. The smallest absolute Gasteiger partial charge is 0.308 e. The monoisotopic (exact) mass is 671 g/mol. The maximum Gasteiger partial charge on any atom is 0.308 e. The summed E-state index contributed by atoms with van der Waals surface area (Å²) in [6, 6.07) is 18.6. The second-order valence-electron chi connectivity index (χ2n) is 11.6. The zero-order valence-electron chi connectivity index (χ0n) is 26.7. The van der Waals surface area contributed by atoms with E-state index in [1.54, 1.807) is 49.4 Å². The molecule has 4 aromatic rings. The van der Waals surface area contributed by atoms with Gasteiger partial charge in [-0.3, -0.25) is 4.79 Å². The molecular formula is C36H53N3O5S2. The van der Waals surface area contributed by atoms with Crippen molar-refractivity contribution in [1.29, 1.82) is 0 Å². The number of thiophene rings is 1. The quantitative estimate of drug-likeness (QED) is 0.186. The van der Waals surface area contributed by atoms with Gasteiger partial charge in [0.25, 0.3) is 0 Å². The molecule has 1 aliphatic carbocycles. The van der Waals surface area contributed by atoms with Crippen LogP contribution in [-0.4, -0.2) is 42.6 Å². The molecule has 0 spiro atoms. The van der Waals surface area contributed by atoms with Crippen LogP contribution in [0.2, 0.25) is 0 Å². The van der Waals surface area contributed by atoms with Crippen LogP contribution >= 0.6 is 11.3 Å². The van der Waals surface area contributed by atoms with Crippen LogP contribution in [0.4, 0.5) is 0 Å². The molecule has 2 aromatic carbocycles. The number of carbonyl (C=O) groups excluding carboxylic acids is 1. The average Bonchev–Trinajstić information content (AvgIpc) is 3.68. The highest BCUT2D eigenvalue weighted by atomic mass is 32.2. The second-order valence-corrected chi connectivity index (χ2v) is 14.3. The zero-order chi connectivity index (χ0) is 32.3. The van der Waals surface area contributed by atoms with E-state index in [2.05, 4.69) is 9.71 Å². The van der Waals surface area contributed by atoms with Crippen molar-refractivity contribution in [2.45, 2.75) is 112 Å². The van der Waals surface area contributed by atoms with Gasteiger partial charge in [0.15, 0.2) is 0 Å². The van der Waals surface area contributed by atoms with E-state index in [-0.39, 0.29) is 45.0 Å². The Morgan fingerprint density at radius 1 is 0.870 bits per heavy atom.